The zero-order valence-corrected chi connectivity index (χ0v) is 47.0. The first kappa shape index (κ1) is 50.9. The number of rotatable bonds is 4. The molecule has 0 aliphatic carbocycles. The lowest BCUT2D eigenvalue weighted by Gasteiger charge is -2.05. The van der Waals surface area contributed by atoms with Crippen LogP contribution in [0.3, 0.4) is 0 Å². The Morgan fingerprint density at radius 3 is 1.54 bits per heavy atom. The number of benzene rings is 8. The smallest absolute Gasteiger partial charge is 0.293 e. The molecule has 0 saturated heterocycles. The Balaban J connectivity index is 0.000000110. The summed E-state index contributed by atoms with van der Waals surface area (Å²) in [5.74, 6) is 2.28. The van der Waals surface area contributed by atoms with E-state index >= 15 is 0 Å². The highest BCUT2D eigenvalue weighted by Gasteiger charge is 2.29. The van der Waals surface area contributed by atoms with Crippen LogP contribution in [0.2, 0.25) is 0 Å². The van der Waals surface area contributed by atoms with Gasteiger partial charge in [-0.2, -0.15) is 0 Å². The van der Waals surface area contributed by atoms with Crippen molar-refractivity contribution in [2.24, 2.45) is 42.3 Å². The van der Waals surface area contributed by atoms with Gasteiger partial charge in [-0.25, -0.2) is 23.3 Å². The Morgan fingerprint density at radius 1 is 0.425 bits per heavy atom. The molecule has 394 valence electrons. The molecular weight excluding hydrogens is 987 g/mol. The van der Waals surface area contributed by atoms with Crippen molar-refractivity contribution in [3.8, 4) is 34.2 Å². The van der Waals surface area contributed by atoms with Gasteiger partial charge in [0.25, 0.3) is 11.6 Å². The number of nitrogens with zero attached hydrogens (tertiary/aromatic N) is 9. The first-order chi connectivity index (χ1) is 38.9. The number of para-hydroxylation sites is 8. The van der Waals surface area contributed by atoms with Crippen LogP contribution in [-0.4, -0.2) is 23.5 Å². The molecule has 0 bridgehead atoms. The molecule has 0 aliphatic rings. The average molecular weight is 1050 g/mol. The summed E-state index contributed by atoms with van der Waals surface area (Å²) in [5.41, 5.74) is 19.3. The van der Waals surface area contributed by atoms with Crippen LogP contribution >= 0.6 is 0 Å². The van der Waals surface area contributed by atoms with E-state index < -0.39 is 0 Å². The van der Waals surface area contributed by atoms with E-state index in [0.29, 0.717) is 5.71 Å². The third-order valence-electron chi connectivity index (χ3n) is 15.7. The maximum atomic E-state index is 6.30. The molecule has 8 aromatic carbocycles. The molecule has 0 unspecified atom stereocenters. The highest BCUT2D eigenvalue weighted by atomic mass is 16.3. The zero-order valence-electron chi connectivity index (χ0n) is 47.0. The maximum Gasteiger partial charge on any atom is 0.293 e. The van der Waals surface area contributed by atoms with E-state index in [-0.39, 0.29) is 0 Å². The minimum atomic E-state index is 0.686. The molecule has 0 amide bonds. The summed E-state index contributed by atoms with van der Waals surface area (Å²) in [5, 5.41) is 5.76. The van der Waals surface area contributed by atoms with Crippen LogP contribution in [0.15, 0.2) is 222 Å². The molecule has 0 N–H and O–H groups in total. The van der Waals surface area contributed by atoms with Crippen molar-refractivity contribution < 1.29 is 27.3 Å². The van der Waals surface area contributed by atoms with Crippen molar-refractivity contribution in [2.45, 2.75) is 27.7 Å². The summed E-state index contributed by atoms with van der Waals surface area (Å²) < 4.78 is 30.0. The third kappa shape index (κ3) is 8.77. The second kappa shape index (κ2) is 20.8. The van der Waals surface area contributed by atoms with Crippen molar-refractivity contribution >= 4 is 77.0 Å². The SMILES string of the molecule is Cc1ccc2c(oc3ccccc32)c1-c1n(C)c2ccccc2[n+]1C.Cc1ccc2c(oc3ncccc32)c1-c1n(C)c2ccccc2[n+]1C.Cc1ccccc1-n1c2ccccc2c[n+]1C.Cc1ccccc1-n1ccc[n+]1C. The summed E-state index contributed by atoms with van der Waals surface area (Å²) in [4.78, 5) is 4.39. The largest absolute Gasteiger partial charge is 0.455 e. The molecule has 0 spiro atoms. The van der Waals surface area contributed by atoms with E-state index in [1.807, 2.05) is 37.5 Å². The van der Waals surface area contributed by atoms with Crippen LogP contribution < -0.4 is 18.5 Å². The van der Waals surface area contributed by atoms with Crippen LogP contribution in [-0.2, 0) is 42.3 Å². The fourth-order valence-corrected chi connectivity index (χ4v) is 11.7. The van der Waals surface area contributed by atoms with E-state index in [1.165, 1.54) is 77.4 Å². The fourth-order valence-electron chi connectivity index (χ4n) is 11.7. The van der Waals surface area contributed by atoms with Crippen molar-refractivity contribution in [3.05, 3.63) is 235 Å². The second-order valence-corrected chi connectivity index (χ2v) is 20.7. The molecular formula is C69H65N9O2+4. The van der Waals surface area contributed by atoms with Gasteiger partial charge in [0.05, 0.1) is 39.8 Å². The standard InChI is InChI=1S/C22H19N2O.C21H18N3O.C15H15N2.C11H13N2/c1-14-12-13-16-15-8-4-7-11-19(15)25-21(16)20(14)22-23(2)17-9-5-6-10-18(17)24(22)3;1-13-10-11-14-15-7-6-12-22-20(15)25-19(14)18(13)21-23(2)16-8-4-5-9-17(16)24(21)3;1-12-7-3-5-9-14(12)17-15-10-6-4-8-13(15)11-16(17)2;1-10-6-3-4-7-11(10)13-9-5-8-12(13)2/h4-13H,1-3H3;4-12H,1-3H3;3-11H,1-2H3;3-9H,1-2H3/q4*+1. The van der Waals surface area contributed by atoms with Crippen LogP contribution in [0.4, 0.5) is 0 Å². The molecule has 7 heterocycles. The minimum Gasteiger partial charge on any atom is -0.455 e. The molecule has 0 atom stereocenters. The first-order valence-corrected chi connectivity index (χ1v) is 27.1. The summed E-state index contributed by atoms with van der Waals surface area (Å²) in [6.45, 7) is 8.55. The molecule has 0 aliphatic heterocycles. The second-order valence-electron chi connectivity index (χ2n) is 20.7. The van der Waals surface area contributed by atoms with Crippen molar-refractivity contribution in [1.82, 2.24) is 23.5 Å². The fraction of sp³-hybridized carbons (Fsp3) is 0.145. The van der Waals surface area contributed by atoms with E-state index in [0.717, 1.165) is 50.3 Å². The normalized spacial score (nSPS) is 11.4. The Morgan fingerprint density at radius 2 is 0.938 bits per heavy atom. The van der Waals surface area contributed by atoms with Gasteiger partial charge >= 0.3 is 0 Å². The summed E-state index contributed by atoms with van der Waals surface area (Å²) in [7, 11) is 12.6. The maximum absolute atomic E-state index is 6.30. The van der Waals surface area contributed by atoms with Gasteiger partial charge in [-0.3, -0.25) is 0 Å². The average Bonchev–Trinajstić information content (AvgIpc) is 4.40. The molecule has 0 saturated carbocycles. The summed E-state index contributed by atoms with van der Waals surface area (Å²) in [6, 6.07) is 65.1. The number of furan rings is 2. The minimum absolute atomic E-state index is 0.686. The predicted octanol–water partition coefficient (Wildman–Crippen LogP) is 13.5. The van der Waals surface area contributed by atoms with Crippen molar-refractivity contribution in [2.75, 3.05) is 0 Å². The van der Waals surface area contributed by atoms with Crippen LogP contribution in [0.5, 0.6) is 0 Å². The molecule has 80 heavy (non-hydrogen) atoms. The van der Waals surface area contributed by atoms with Gasteiger partial charge in [0.1, 0.15) is 33.6 Å². The van der Waals surface area contributed by atoms with E-state index in [2.05, 4.69) is 281 Å². The number of aromatic nitrogens is 9. The topological polar surface area (TPSA) is 74.4 Å². The van der Waals surface area contributed by atoms with Crippen LogP contribution in [0.25, 0.3) is 111 Å². The number of hydrogen-bond acceptors (Lipinski definition) is 3. The van der Waals surface area contributed by atoms with Gasteiger partial charge in [0.2, 0.25) is 11.9 Å². The molecule has 15 aromatic rings. The summed E-state index contributed by atoms with van der Waals surface area (Å²) in [6.07, 6.45) is 8.02. The Hall–Kier alpha value is -9.87. The Bertz CT molecular complexity index is 4530. The molecule has 11 heteroatoms. The molecule has 0 fully saturated rings. The highest BCUT2D eigenvalue weighted by Crippen LogP contribution is 2.39. The predicted molar refractivity (Wildman–Crippen MR) is 322 cm³/mol. The number of pyridine rings is 1. The Labute approximate surface area is 464 Å². The van der Waals surface area contributed by atoms with Crippen molar-refractivity contribution in [3.63, 3.8) is 0 Å². The molecule has 0 radical (unpaired) electrons. The van der Waals surface area contributed by atoms with E-state index in [9.17, 15) is 0 Å². The zero-order chi connectivity index (χ0) is 55.3. The first-order valence-electron chi connectivity index (χ1n) is 27.1. The van der Waals surface area contributed by atoms with Crippen LogP contribution in [0.1, 0.15) is 22.3 Å². The van der Waals surface area contributed by atoms with Gasteiger partial charge in [0.15, 0.2) is 53.5 Å². The quantitative estimate of drug-likeness (QED) is 0.165. The third-order valence-corrected chi connectivity index (χ3v) is 15.7. The van der Waals surface area contributed by atoms with Gasteiger partial charge in [-0.05, 0) is 117 Å². The van der Waals surface area contributed by atoms with E-state index in [1.54, 1.807) is 6.20 Å². The number of hydrogen-bond donors (Lipinski definition) is 0. The summed E-state index contributed by atoms with van der Waals surface area (Å²) >= 11 is 0. The molecule has 11 nitrogen and oxygen atoms in total. The van der Waals surface area contributed by atoms with Gasteiger partial charge < -0.3 is 8.83 Å². The number of fused-ring (bicyclic) bond motifs is 9. The van der Waals surface area contributed by atoms with Crippen LogP contribution in [0, 0.1) is 27.7 Å². The lowest BCUT2D eigenvalue weighted by Crippen LogP contribution is -2.37. The van der Waals surface area contributed by atoms with Gasteiger partial charge in [0, 0.05) is 33.8 Å². The lowest BCUT2D eigenvalue weighted by molar-refractivity contribution is -0.744. The van der Waals surface area contributed by atoms with Crippen molar-refractivity contribution in [1.29, 1.82) is 0 Å². The Kier molecular flexibility index (Phi) is 13.3. The molecule has 7 aromatic heterocycles. The number of aryl methyl sites for hydroxylation is 10. The molecule has 15 rings (SSSR count). The monoisotopic (exact) mass is 1050 g/mol. The van der Waals surface area contributed by atoms with Gasteiger partial charge in [-0.1, -0.05) is 115 Å². The highest BCUT2D eigenvalue weighted by molar-refractivity contribution is 6.10. The van der Waals surface area contributed by atoms with Gasteiger partial charge in [-0.15, -0.1) is 18.7 Å². The lowest BCUT2D eigenvalue weighted by atomic mass is 10.0. The van der Waals surface area contributed by atoms with E-state index in [4.69, 9.17) is 8.83 Å². The number of imidazole rings is 2.